The van der Waals surface area contributed by atoms with Gasteiger partial charge in [0.25, 0.3) is 5.91 Å². The molecule has 1 aromatic rings. The zero-order chi connectivity index (χ0) is 11.8. The number of furan rings is 1. The van der Waals surface area contributed by atoms with Crippen LogP contribution in [-0.2, 0) is 0 Å². The fraction of sp³-hybridized carbons (Fsp3) is 0.545. The summed E-state index contributed by atoms with van der Waals surface area (Å²) in [5.41, 5.74) is -0.780. The first-order chi connectivity index (χ1) is 7.48. The van der Waals surface area contributed by atoms with Crippen molar-refractivity contribution < 1.29 is 14.3 Å². The minimum absolute atomic E-state index is 0.161. The maximum Gasteiger partial charge on any atom is 0.289 e. The second kappa shape index (κ2) is 4.22. The van der Waals surface area contributed by atoms with Gasteiger partial charge in [-0.25, -0.2) is 0 Å². The average molecular weight is 288 g/mol. The molecule has 5 heteroatoms. The van der Waals surface area contributed by atoms with Crippen molar-refractivity contribution in [2.75, 3.05) is 13.1 Å². The number of carbonyl (C=O) groups is 1. The minimum atomic E-state index is -0.780. The van der Waals surface area contributed by atoms with Crippen LogP contribution in [-0.4, -0.2) is 34.6 Å². The molecule has 16 heavy (non-hydrogen) atoms. The summed E-state index contributed by atoms with van der Waals surface area (Å²) in [6.45, 7) is 2.79. The molecule has 0 spiro atoms. The summed E-state index contributed by atoms with van der Waals surface area (Å²) in [6, 6.07) is 3.32. The number of hydrogen-bond acceptors (Lipinski definition) is 3. The number of aliphatic hydroxyl groups is 1. The Kier molecular flexibility index (Phi) is 3.08. The van der Waals surface area contributed by atoms with Crippen LogP contribution >= 0.6 is 15.9 Å². The van der Waals surface area contributed by atoms with E-state index in [1.165, 1.54) is 0 Å². The van der Waals surface area contributed by atoms with Gasteiger partial charge in [0.1, 0.15) is 0 Å². The van der Waals surface area contributed by atoms with Crippen LogP contribution in [0.3, 0.4) is 0 Å². The Hall–Kier alpha value is -0.810. The third-order valence-electron chi connectivity index (χ3n) is 2.75. The van der Waals surface area contributed by atoms with Crippen LogP contribution in [0.5, 0.6) is 0 Å². The van der Waals surface area contributed by atoms with Crippen molar-refractivity contribution >= 4 is 21.8 Å². The standard InChI is InChI=1S/C11H14BrNO3/c1-11(15)5-2-6-13(7-11)10(14)8-3-4-9(12)16-8/h3-4,15H,2,5-7H2,1H3. The first kappa shape index (κ1) is 11.7. The normalized spacial score (nSPS) is 25.8. The van der Waals surface area contributed by atoms with E-state index >= 15 is 0 Å². The molecule has 88 valence electrons. The lowest BCUT2D eigenvalue weighted by Gasteiger charge is -2.36. The van der Waals surface area contributed by atoms with Gasteiger partial charge in [-0.1, -0.05) is 0 Å². The molecule has 1 aliphatic heterocycles. The highest BCUT2D eigenvalue weighted by Crippen LogP contribution is 2.23. The van der Waals surface area contributed by atoms with Gasteiger partial charge in [0, 0.05) is 13.1 Å². The van der Waals surface area contributed by atoms with Gasteiger partial charge in [-0.3, -0.25) is 4.79 Å². The molecule has 1 unspecified atom stereocenters. The van der Waals surface area contributed by atoms with Gasteiger partial charge in [0.05, 0.1) is 5.60 Å². The van der Waals surface area contributed by atoms with E-state index in [0.717, 1.165) is 12.8 Å². The van der Waals surface area contributed by atoms with Gasteiger partial charge in [0.15, 0.2) is 10.4 Å². The van der Waals surface area contributed by atoms with Crippen LogP contribution in [0.1, 0.15) is 30.3 Å². The lowest BCUT2D eigenvalue weighted by molar-refractivity contribution is -0.0117. The second-order valence-corrected chi connectivity index (χ2v) is 5.21. The van der Waals surface area contributed by atoms with E-state index in [2.05, 4.69) is 15.9 Å². The van der Waals surface area contributed by atoms with E-state index in [4.69, 9.17) is 4.42 Å². The Morgan fingerprint density at radius 3 is 2.94 bits per heavy atom. The van der Waals surface area contributed by atoms with E-state index in [9.17, 15) is 9.90 Å². The maximum atomic E-state index is 12.0. The van der Waals surface area contributed by atoms with Gasteiger partial charge >= 0.3 is 0 Å². The summed E-state index contributed by atoms with van der Waals surface area (Å²) < 4.78 is 5.75. The van der Waals surface area contributed by atoms with E-state index in [1.54, 1.807) is 24.0 Å². The number of halogens is 1. The molecule has 0 saturated carbocycles. The van der Waals surface area contributed by atoms with Crippen LogP contribution < -0.4 is 0 Å². The monoisotopic (exact) mass is 287 g/mol. The molecule has 1 saturated heterocycles. The molecule has 0 aromatic carbocycles. The Morgan fingerprint density at radius 1 is 1.62 bits per heavy atom. The lowest BCUT2D eigenvalue weighted by atomic mass is 9.95. The highest BCUT2D eigenvalue weighted by Gasteiger charge is 2.32. The molecular formula is C11H14BrNO3. The average Bonchev–Trinajstić information content (AvgIpc) is 2.62. The van der Waals surface area contributed by atoms with Crippen molar-refractivity contribution in [1.82, 2.24) is 4.90 Å². The highest BCUT2D eigenvalue weighted by molar-refractivity contribution is 9.10. The van der Waals surface area contributed by atoms with Crippen molar-refractivity contribution in [2.45, 2.75) is 25.4 Å². The van der Waals surface area contributed by atoms with Crippen LogP contribution in [0.2, 0.25) is 0 Å². The molecule has 0 aliphatic carbocycles. The number of β-amino-alcohol motifs (C(OH)–C–C–N with tert-alkyl or cyclic N) is 1. The Balaban J connectivity index is 2.10. The number of rotatable bonds is 1. The smallest absolute Gasteiger partial charge is 0.289 e. The number of likely N-dealkylation sites (tertiary alicyclic amines) is 1. The SMILES string of the molecule is CC1(O)CCCN(C(=O)c2ccc(Br)o2)C1. The summed E-state index contributed by atoms with van der Waals surface area (Å²) in [5, 5.41) is 9.91. The Morgan fingerprint density at radius 2 is 2.38 bits per heavy atom. The van der Waals surface area contributed by atoms with Crippen molar-refractivity contribution in [3.63, 3.8) is 0 Å². The largest absolute Gasteiger partial charge is 0.444 e. The van der Waals surface area contributed by atoms with Gasteiger partial charge in [-0.2, -0.15) is 0 Å². The quantitative estimate of drug-likeness (QED) is 0.860. The van der Waals surface area contributed by atoms with Crippen LogP contribution in [0.4, 0.5) is 0 Å². The number of piperidine rings is 1. The van der Waals surface area contributed by atoms with Crippen molar-refractivity contribution in [3.05, 3.63) is 22.6 Å². The molecule has 1 N–H and O–H groups in total. The second-order valence-electron chi connectivity index (χ2n) is 4.43. The molecule has 1 amide bonds. The predicted octanol–water partition coefficient (Wildman–Crippen LogP) is 2.03. The first-order valence-corrected chi connectivity index (χ1v) is 6.04. The third kappa shape index (κ3) is 2.47. The molecule has 0 bridgehead atoms. The van der Waals surface area contributed by atoms with Gasteiger partial charge in [-0.05, 0) is 47.8 Å². The zero-order valence-corrected chi connectivity index (χ0v) is 10.7. The van der Waals surface area contributed by atoms with Gasteiger partial charge in [0.2, 0.25) is 0 Å². The lowest BCUT2D eigenvalue weighted by Crippen LogP contribution is -2.48. The third-order valence-corrected chi connectivity index (χ3v) is 3.17. The molecule has 0 radical (unpaired) electrons. The minimum Gasteiger partial charge on any atom is -0.444 e. The maximum absolute atomic E-state index is 12.0. The molecule has 1 aromatic heterocycles. The van der Waals surface area contributed by atoms with Gasteiger partial charge in [-0.15, -0.1) is 0 Å². The zero-order valence-electron chi connectivity index (χ0n) is 9.07. The number of nitrogens with zero attached hydrogens (tertiary/aromatic N) is 1. The summed E-state index contributed by atoms with van der Waals surface area (Å²) in [7, 11) is 0. The van der Waals surface area contributed by atoms with Crippen LogP contribution in [0, 0.1) is 0 Å². The van der Waals surface area contributed by atoms with E-state index in [0.29, 0.717) is 23.5 Å². The summed E-state index contributed by atoms with van der Waals surface area (Å²) in [5.74, 6) is 0.148. The number of hydrogen-bond donors (Lipinski definition) is 1. The van der Waals surface area contributed by atoms with Crippen LogP contribution in [0.25, 0.3) is 0 Å². The molecule has 1 fully saturated rings. The Labute approximate surface area is 102 Å². The molecule has 1 aliphatic rings. The number of amides is 1. The molecule has 1 atom stereocenters. The molecule has 2 heterocycles. The van der Waals surface area contributed by atoms with Crippen molar-refractivity contribution in [3.8, 4) is 0 Å². The fourth-order valence-corrected chi connectivity index (χ4v) is 2.29. The van der Waals surface area contributed by atoms with Gasteiger partial charge < -0.3 is 14.4 Å². The molecule has 4 nitrogen and oxygen atoms in total. The molecule has 2 rings (SSSR count). The summed E-state index contributed by atoms with van der Waals surface area (Å²) in [4.78, 5) is 13.6. The number of carbonyl (C=O) groups excluding carboxylic acids is 1. The first-order valence-electron chi connectivity index (χ1n) is 5.25. The van der Waals surface area contributed by atoms with Crippen molar-refractivity contribution in [1.29, 1.82) is 0 Å². The Bertz CT molecular complexity index is 400. The topological polar surface area (TPSA) is 53.7 Å². The fourth-order valence-electron chi connectivity index (χ4n) is 1.98. The summed E-state index contributed by atoms with van der Waals surface area (Å²) in [6.07, 6.45) is 1.55. The predicted molar refractivity (Wildman–Crippen MR) is 62.2 cm³/mol. The van der Waals surface area contributed by atoms with E-state index in [-0.39, 0.29) is 5.91 Å². The van der Waals surface area contributed by atoms with E-state index < -0.39 is 5.60 Å². The van der Waals surface area contributed by atoms with Crippen LogP contribution in [0.15, 0.2) is 21.2 Å². The summed E-state index contributed by atoms with van der Waals surface area (Å²) >= 11 is 3.16. The highest BCUT2D eigenvalue weighted by atomic mass is 79.9. The van der Waals surface area contributed by atoms with E-state index in [1.807, 2.05) is 0 Å². The van der Waals surface area contributed by atoms with Crippen molar-refractivity contribution in [2.24, 2.45) is 0 Å². The molecular weight excluding hydrogens is 274 g/mol.